The van der Waals surface area contributed by atoms with Gasteiger partial charge in [-0.1, -0.05) is 0 Å². The summed E-state index contributed by atoms with van der Waals surface area (Å²) in [6.45, 7) is 5.71. The van der Waals surface area contributed by atoms with E-state index in [1.807, 2.05) is 25.7 Å². The van der Waals surface area contributed by atoms with Crippen LogP contribution in [0.1, 0.15) is 45.5 Å². The van der Waals surface area contributed by atoms with Gasteiger partial charge in [-0.3, -0.25) is 4.90 Å². The van der Waals surface area contributed by atoms with Crippen LogP contribution < -0.4 is 0 Å². The SMILES string of the molecule is CC(C)(C)OC(=O)N1[C@@H](c2nc(I)c(I)[nH]2)C[C@H]2C[C@H]21. The molecule has 1 saturated carbocycles. The Morgan fingerprint density at radius 2 is 2.10 bits per heavy atom. The van der Waals surface area contributed by atoms with Crippen molar-refractivity contribution in [3.63, 3.8) is 0 Å². The molecule has 0 bridgehead atoms. The number of likely N-dealkylation sites (tertiary alicyclic amines) is 1. The van der Waals surface area contributed by atoms with E-state index < -0.39 is 5.60 Å². The van der Waals surface area contributed by atoms with Gasteiger partial charge in [0.1, 0.15) is 18.8 Å². The minimum Gasteiger partial charge on any atom is -0.444 e. The third-order valence-electron chi connectivity index (χ3n) is 3.66. The van der Waals surface area contributed by atoms with Crippen LogP contribution in [0, 0.1) is 13.3 Å². The largest absolute Gasteiger partial charge is 0.444 e. The molecule has 2 aliphatic rings. The number of rotatable bonds is 1. The zero-order valence-corrected chi connectivity index (χ0v) is 15.9. The summed E-state index contributed by atoms with van der Waals surface area (Å²) >= 11 is 4.44. The van der Waals surface area contributed by atoms with Gasteiger partial charge in [0.05, 0.1) is 6.04 Å². The van der Waals surface area contributed by atoms with Gasteiger partial charge in [0.2, 0.25) is 0 Å². The standard InChI is InChI=1S/C13H17I2N3O2/c1-13(2,3)20-12(19)18-7-4-6(7)5-8(18)11-16-9(14)10(15)17-11/h6-8H,4-5H2,1-3H3,(H,16,17)/t6-,7-,8-/m1/s1. The van der Waals surface area contributed by atoms with Crippen LogP contribution in [0.15, 0.2) is 0 Å². The van der Waals surface area contributed by atoms with Gasteiger partial charge in [-0.25, -0.2) is 9.78 Å². The lowest BCUT2D eigenvalue weighted by molar-refractivity contribution is 0.0175. The Morgan fingerprint density at radius 3 is 2.65 bits per heavy atom. The molecule has 2 heterocycles. The molecule has 2 fully saturated rings. The molecule has 0 radical (unpaired) electrons. The van der Waals surface area contributed by atoms with E-state index in [9.17, 15) is 4.79 Å². The lowest BCUT2D eigenvalue weighted by atomic mass is 10.1. The highest BCUT2D eigenvalue weighted by Crippen LogP contribution is 2.53. The van der Waals surface area contributed by atoms with Gasteiger partial charge in [-0.2, -0.15) is 0 Å². The first kappa shape index (κ1) is 14.9. The Balaban J connectivity index is 1.82. The monoisotopic (exact) mass is 501 g/mol. The minimum atomic E-state index is -0.458. The van der Waals surface area contributed by atoms with Gasteiger partial charge in [0.25, 0.3) is 0 Å². The summed E-state index contributed by atoms with van der Waals surface area (Å²) in [7, 11) is 0. The molecule has 1 aliphatic heterocycles. The molecule has 1 aromatic heterocycles. The summed E-state index contributed by atoms with van der Waals surface area (Å²) in [6, 6.07) is 0.376. The molecule has 0 unspecified atom stereocenters. The van der Waals surface area contributed by atoms with Crippen LogP contribution in [-0.4, -0.2) is 32.6 Å². The quantitative estimate of drug-likeness (QED) is 0.598. The van der Waals surface area contributed by atoms with Crippen molar-refractivity contribution in [2.75, 3.05) is 0 Å². The van der Waals surface area contributed by atoms with Gasteiger partial charge in [0.15, 0.2) is 0 Å². The number of aromatic nitrogens is 2. The summed E-state index contributed by atoms with van der Waals surface area (Å²) in [5.74, 6) is 1.50. The number of hydrogen-bond donors (Lipinski definition) is 1. The summed E-state index contributed by atoms with van der Waals surface area (Å²) < 4.78 is 7.54. The Kier molecular flexibility index (Phi) is 3.71. The van der Waals surface area contributed by atoms with Crippen LogP contribution in [0.25, 0.3) is 0 Å². The second-order valence-electron chi connectivity index (χ2n) is 6.43. The first-order valence-corrected chi connectivity index (χ1v) is 8.84. The fourth-order valence-electron chi connectivity index (χ4n) is 2.78. The number of nitrogens with one attached hydrogen (secondary N) is 1. The average Bonchev–Trinajstić information content (AvgIpc) is 2.82. The summed E-state index contributed by atoms with van der Waals surface area (Å²) in [5.41, 5.74) is -0.458. The normalized spacial score (nSPS) is 28.4. The predicted octanol–water partition coefficient (Wildman–Crippen LogP) is 3.69. The molecular formula is C13H17I2N3O2. The second-order valence-corrected chi connectivity index (χ2v) is 8.53. The molecule has 110 valence electrons. The number of aromatic amines is 1. The van der Waals surface area contributed by atoms with Crippen LogP contribution in [0.5, 0.6) is 0 Å². The molecular weight excluding hydrogens is 484 g/mol. The lowest BCUT2D eigenvalue weighted by Crippen LogP contribution is -2.38. The second kappa shape index (κ2) is 4.99. The number of ether oxygens (including phenoxy) is 1. The number of carbonyl (C=O) groups excluding carboxylic acids is 1. The predicted molar refractivity (Wildman–Crippen MR) is 91.3 cm³/mol. The van der Waals surface area contributed by atoms with E-state index in [-0.39, 0.29) is 12.1 Å². The van der Waals surface area contributed by atoms with Crippen LogP contribution in [0.2, 0.25) is 0 Å². The fraction of sp³-hybridized carbons (Fsp3) is 0.692. The smallest absolute Gasteiger partial charge is 0.411 e. The van der Waals surface area contributed by atoms with Crippen molar-refractivity contribution in [3.05, 3.63) is 13.2 Å². The van der Waals surface area contributed by atoms with Crippen LogP contribution in [0.3, 0.4) is 0 Å². The topological polar surface area (TPSA) is 58.2 Å². The van der Waals surface area contributed by atoms with Crippen molar-refractivity contribution in [2.24, 2.45) is 5.92 Å². The van der Waals surface area contributed by atoms with Gasteiger partial charge in [-0.05, 0) is 84.7 Å². The number of nitrogens with zero attached hydrogens (tertiary/aromatic N) is 2. The molecule has 20 heavy (non-hydrogen) atoms. The van der Waals surface area contributed by atoms with Crippen LogP contribution >= 0.6 is 45.2 Å². The van der Waals surface area contributed by atoms with E-state index in [2.05, 4.69) is 55.1 Å². The van der Waals surface area contributed by atoms with E-state index in [1.54, 1.807) is 0 Å². The Hall–Kier alpha value is -0.0600. The van der Waals surface area contributed by atoms with Crippen molar-refractivity contribution in [1.29, 1.82) is 0 Å². The Labute approximate surface area is 145 Å². The van der Waals surface area contributed by atoms with Crippen molar-refractivity contribution >= 4 is 51.3 Å². The highest BCUT2D eigenvalue weighted by atomic mass is 127. The molecule has 1 aliphatic carbocycles. The van der Waals surface area contributed by atoms with Crippen molar-refractivity contribution in [1.82, 2.24) is 14.9 Å². The van der Waals surface area contributed by atoms with Gasteiger partial charge in [0, 0.05) is 6.04 Å². The van der Waals surface area contributed by atoms with E-state index in [4.69, 9.17) is 4.74 Å². The van der Waals surface area contributed by atoms with E-state index in [1.165, 1.54) is 0 Å². The number of H-pyrrole nitrogens is 1. The zero-order valence-electron chi connectivity index (χ0n) is 11.6. The molecule has 5 nitrogen and oxygen atoms in total. The maximum atomic E-state index is 12.4. The molecule has 1 saturated heterocycles. The molecule has 1 amide bonds. The van der Waals surface area contributed by atoms with E-state index in [0.29, 0.717) is 12.0 Å². The summed E-state index contributed by atoms with van der Waals surface area (Å²) in [5, 5.41) is 0. The number of piperidine rings is 1. The Morgan fingerprint density at radius 1 is 1.40 bits per heavy atom. The molecule has 1 N–H and O–H groups in total. The van der Waals surface area contributed by atoms with Crippen LogP contribution in [0.4, 0.5) is 4.79 Å². The molecule has 7 heteroatoms. The van der Waals surface area contributed by atoms with Crippen molar-refractivity contribution in [3.8, 4) is 0 Å². The lowest BCUT2D eigenvalue weighted by Gasteiger charge is -2.29. The van der Waals surface area contributed by atoms with E-state index in [0.717, 1.165) is 26.1 Å². The number of amides is 1. The van der Waals surface area contributed by atoms with Gasteiger partial charge >= 0.3 is 6.09 Å². The number of hydrogen-bond acceptors (Lipinski definition) is 3. The molecule has 0 aromatic carbocycles. The van der Waals surface area contributed by atoms with Crippen molar-refractivity contribution < 1.29 is 9.53 Å². The summed E-state index contributed by atoms with van der Waals surface area (Å²) in [6.07, 6.45) is 1.88. The highest BCUT2D eigenvalue weighted by molar-refractivity contribution is 14.1. The molecule has 1 aromatic rings. The molecule has 3 atom stereocenters. The average molecular weight is 501 g/mol. The minimum absolute atomic E-state index is 0.0330. The molecule has 0 spiro atoms. The van der Waals surface area contributed by atoms with E-state index >= 15 is 0 Å². The maximum Gasteiger partial charge on any atom is 0.411 e. The first-order valence-electron chi connectivity index (χ1n) is 6.68. The summed E-state index contributed by atoms with van der Waals surface area (Å²) in [4.78, 5) is 22.2. The van der Waals surface area contributed by atoms with Gasteiger partial charge in [-0.15, -0.1) is 0 Å². The van der Waals surface area contributed by atoms with Crippen molar-refractivity contribution in [2.45, 2.75) is 51.3 Å². The van der Waals surface area contributed by atoms with Crippen LogP contribution in [-0.2, 0) is 4.74 Å². The number of carbonyl (C=O) groups is 1. The highest BCUT2D eigenvalue weighted by Gasteiger charge is 2.56. The zero-order chi connectivity index (χ0) is 14.7. The number of halogens is 2. The number of fused-ring (bicyclic) bond motifs is 1. The first-order chi connectivity index (χ1) is 9.26. The Bertz CT molecular complexity index is 533. The third kappa shape index (κ3) is 2.79. The number of imidazole rings is 1. The molecule has 3 rings (SSSR count). The fourth-order valence-corrected chi connectivity index (χ4v) is 3.57. The van der Waals surface area contributed by atoms with Gasteiger partial charge < -0.3 is 9.72 Å². The third-order valence-corrected chi connectivity index (χ3v) is 6.26. The maximum absolute atomic E-state index is 12.4.